The number of piperidine rings is 1. The molecular weight excluding hydrogens is 347 g/mol. The lowest BCUT2D eigenvalue weighted by molar-refractivity contribution is -0.139. The van der Waals surface area contributed by atoms with Crippen molar-refractivity contribution in [1.82, 2.24) is 4.90 Å². The zero-order valence-electron chi connectivity index (χ0n) is 15.5. The molecule has 2 aromatic rings. The first kappa shape index (κ1) is 19.2. The molecule has 0 atom stereocenters. The van der Waals surface area contributed by atoms with Gasteiger partial charge in [0, 0.05) is 36.9 Å². The van der Waals surface area contributed by atoms with Gasteiger partial charge in [-0.15, -0.1) is 0 Å². The minimum Gasteiger partial charge on any atom is -0.496 e. The quantitative estimate of drug-likeness (QED) is 0.807. The number of ether oxygens (including phenoxy) is 1. The van der Waals surface area contributed by atoms with E-state index in [2.05, 4.69) is 4.90 Å². The Morgan fingerprint density at radius 3 is 2.63 bits per heavy atom. The summed E-state index contributed by atoms with van der Waals surface area (Å²) in [5, 5.41) is 9.35. The van der Waals surface area contributed by atoms with Crippen LogP contribution in [0.25, 0.3) is 0 Å². The van der Waals surface area contributed by atoms with Crippen molar-refractivity contribution in [1.29, 1.82) is 0 Å². The Kier molecular flexibility index (Phi) is 6.29. The van der Waals surface area contributed by atoms with Crippen LogP contribution in [0.4, 0.5) is 10.1 Å². The molecule has 0 saturated carbocycles. The number of carbonyl (C=O) groups is 1. The summed E-state index contributed by atoms with van der Waals surface area (Å²) in [6.45, 7) is 2.07. The van der Waals surface area contributed by atoms with Crippen LogP contribution in [0.1, 0.15) is 18.4 Å². The Hall–Kier alpha value is -2.60. The van der Waals surface area contributed by atoms with Crippen LogP contribution in [0.15, 0.2) is 48.5 Å². The molecular formula is C21H25FN2O3. The monoisotopic (exact) mass is 372 g/mol. The third kappa shape index (κ3) is 4.98. The first-order valence-corrected chi connectivity index (χ1v) is 9.15. The van der Waals surface area contributed by atoms with Crippen molar-refractivity contribution in [2.24, 2.45) is 0 Å². The van der Waals surface area contributed by atoms with Gasteiger partial charge in [0.2, 0.25) is 0 Å². The van der Waals surface area contributed by atoms with E-state index in [1.54, 1.807) is 19.2 Å². The molecule has 3 rings (SSSR count). The Morgan fingerprint density at radius 1 is 1.22 bits per heavy atom. The number of anilines is 1. The number of carboxylic acid groups (broad SMARTS) is 1. The molecule has 0 spiro atoms. The van der Waals surface area contributed by atoms with E-state index in [1.807, 2.05) is 35.2 Å². The molecule has 0 unspecified atom stereocenters. The molecule has 2 aromatic carbocycles. The minimum absolute atomic E-state index is 0.0112. The molecule has 0 radical (unpaired) electrons. The zero-order chi connectivity index (χ0) is 19.2. The summed E-state index contributed by atoms with van der Waals surface area (Å²) in [7, 11) is 1.62. The highest BCUT2D eigenvalue weighted by Gasteiger charge is 2.27. The van der Waals surface area contributed by atoms with Gasteiger partial charge in [-0.05, 0) is 37.1 Å². The summed E-state index contributed by atoms with van der Waals surface area (Å²) in [6.07, 6.45) is 1.66. The highest BCUT2D eigenvalue weighted by molar-refractivity contribution is 5.69. The van der Waals surface area contributed by atoms with Crippen molar-refractivity contribution in [2.45, 2.75) is 25.4 Å². The second-order valence-electron chi connectivity index (χ2n) is 6.81. The number of benzene rings is 2. The van der Waals surface area contributed by atoms with Crippen LogP contribution in [0.5, 0.6) is 5.75 Å². The van der Waals surface area contributed by atoms with Crippen molar-refractivity contribution >= 4 is 11.7 Å². The number of aliphatic carboxylic acids is 1. The number of hydrogen-bond acceptors (Lipinski definition) is 4. The Labute approximate surface area is 159 Å². The van der Waals surface area contributed by atoms with E-state index in [1.165, 1.54) is 6.07 Å². The van der Waals surface area contributed by atoms with Crippen molar-refractivity contribution in [3.63, 3.8) is 0 Å². The van der Waals surface area contributed by atoms with Gasteiger partial charge in [0.05, 0.1) is 13.7 Å². The molecule has 27 heavy (non-hydrogen) atoms. The summed E-state index contributed by atoms with van der Waals surface area (Å²) in [6, 6.07) is 14.5. The van der Waals surface area contributed by atoms with Crippen LogP contribution in [0, 0.1) is 5.82 Å². The lowest BCUT2D eigenvalue weighted by Gasteiger charge is -2.39. The van der Waals surface area contributed by atoms with Gasteiger partial charge in [-0.1, -0.05) is 24.3 Å². The standard InChI is InChI=1S/C21H25FN2O3/c1-27-20-8-3-2-5-16(20)14-24(15-21(25)26)18-9-11-23(12-10-18)19-7-4-6-17(22)13-19/h2-8,13,18H,9-12,14-15H2,1H3,(H,25,26). The van der Waals surface area contributed by atoms with Crippen molar-refractivity contribution in [3.8, 4) is 5.75 Å². The first-order chi connectivity index (χ1) is 13.1. The van der Waals surface area contributed by atoms with Gasteiger partial charge in [-0.25, -0.2) is 4.39 Å². The van der Waals surface area contributed by atoms with E-state index in [-0.39, 0.29) is 18.4 Å². The van der Waals surface area contributed by atoms with E-state index in [0.717, 1.165) is 42.9 Å². The van der Waals surface area contributed by atoms with Gasteiger partial charge in [0.25, 0.3) is 0 Å². The molecule has 0 bridgehead atoms. The topological polar surface area (TPSA) is 53.0 Å². The van der Waals surface area contributed by atoms with Gasteiger partial charge >= 0.3 is 5.97 Å². The van der Waals surface area contributed by atoms with Crippen LogP contribution in [0.2, 0.25) is 0 Å². The fourth-order valence-corrected chi connectivity index (χ4v) is 3.70. The maximum absolute atomic E-state index is 13.5. The largest absolute Gasteiger partial charge is 0.496 e. The molecule has 144 valence electrons. The van der Waals surface area contributed by atoms with Gasteiger partial charge < -0.3 is 14.7 Å². The van der Waals surface area contributed by atoms with Crippen molar-refractivity contribution in [2.75, 3.05) is 31.6 Å². The second kappa shape index (κ2) is 8.86. The van der Waals surface area contributed by atoms with Gasteiger partial charge in [0.15, 0.2) is 0 Å². The average molecular weight is 372 g/mol. The smallest absolute Gasteiger partial charge is 0.317 e. The predicted molar refractivity (Wildman–Crippen MR) is 103 cm³/mol. The van der Waals surface area contributed by atoms with Crippen LogP contribution in [-0.4, -0.2) is 48.8 Å². The number of hydrogen-bond donors (Lipinski definition) is 1. The maximum Gasteiger partial charge on any atom is 0.317 e. The number of nitrogens with zero attached hydrogens (tertiary/aromatic N) is 2. The molecule has 0 aromatic heterocycles. The molecule has 1 aliphatic rings. The summed E-state index contributed by atoms with van der Waals surface area (Å²) in [5.74, 6) is -0.305. The highest BCUT2D eigenvalue weighted by Crippen LogP contribution is 2.26. The lowest BCUT2D eigenvalue weighted by atomic mass is 10.0. The molecule has 6 heteroatoms. The summed E-state index contributed by atoms with van der Waals surface area (Å²) in [4.78, 5) is 15.6. The van der Waals surface area contributed by atoms with E-state index in [4.69, 9.17) is 4.74 Å². The van der Waals surface area contributed by atoms with Crippen LogP contribution >= 0.6 is 0 Å². The van der Waals surface area contributed by atoms with Crippen LogP contribution < -0.4 is 9.64 Å². The minimum atomic E-state index is -0.836. The highest BCUT2D eigenvalue weighted by atomic mass is 19.1. The van der Waals surface area contributed by atoms with E-state index >= 15 is 0 Å². The number of methoxy groups -OCH3 is 1. The molecule has 1 N–H and O–H groups in total. The van der Waals surface area contributed by atoms with E-state index in [0.29, 0.717) is 6.54 Å². The van der Waals surface area contributed by atoms with Gasteiger partial charge in [-0.2, -0.15) is 0 Å². The molecule has 0 aliphatic carbocycles. The summed E-state index contributed by atoms with van der Waals surface area (Å²) >= 11 is 0. The molecule has 1 aliphatic heterocycles. The normalized spacial score (nSPS) is 15.1. The second-order valence-corrected chi connectivity index (χ2v) is 6.81. The van der Waals surface area contributed by atoms with Gasteiger partial charge in [-0.3, -0.25) is 9.69 Å². The lowest BCUT2D eigenvalue weighted by Crippen LogP contribution is -2.46. The molecule has 0 amide bonds. The Morgan fingerprint density at radius 2 is 1.96 bits per heavy atom. The average Bonchev–Trinajstić information content (AvgIpc) is 2.68. The fourth-order valence-electron chi connectivity index (χ4n) is 3.70. The van der Waals surface area contributed by atoms with Gasteiger partial charge in [0.1, 0.15) is 11.6 Å². The number of rotatable bonds is 7. The fraction of sp³-hybridized carbons (Fsp3) is 0.381. The molecule has 1 saturated heterocycles. The predicted octanol–water partition coefficient (Wildman–Crippen LogP) is 3.39. The summed E-state index contributed by atoms with van der Waals surface area (Å²) < 4.78 is 18.9. The van der Waals surface area contributed by atoms with Crippen molar-refractivity contribution < 1.29 is 19.0 Å². The number of carboxylic acids is 1. The SMILES string of the molecule is COc1ccccc1CN(CC(=O)O)C1CCN(c2cccc(F)c2)CC1. The molecule has 5 nitrogen and oxygen atoms in total. The third-order valence-electron chi connectivity index (χ3n) is 5.06. The summed E-state index contributed by atoms with van der Waals surface area (Å²) in [5.41, 5.74) is 1.86. The maximum atomic E-state index is 13.5. The number of para-hydroxylation sites is 1. The first-order valence-electron chi connectivity index (χ1n) is 9.15. The van der Waals surface area contributed by atoms with E-state index in [9.17, 15) is 14.3 Å². The third-order valence-corrected chi connectivity index (χ3v) is 5.06. The number of halogens is 1. The van der Waals surface area contributed by atoms with Crippen LogP contribution in [0.3, 0.4) is 0 Å². The molecule has 1 heterocycles. The van der Waals surface area contributed by atoms with E-state index < -0.39 is 5.97 Å². The zero-order valence-corrected chi connectivity index (χ0v) is 15.5. The Balaban J connectivity index is 1.68. The van der Waals surface area contributed by atoms with Crippen LogP contribution in [-0.2, 0) is 11.3 Å². The molecule has 1 fully saturated rings. The van der Waals surface area contributed by atoms with Crippen molar-refractivity contribution in [3.05, 3.63) is 59.9 Å². The Bertz CT molecular complexity index is 776.